The largest absolute Gasteiger partial charge is 0.340 e. The van der Waals surface area contributed by atoms with Crippen LogP contribution in [0.3, 0.4) is 0 Å². The number of benzene rings is 1. The number of aromatic nitrogens is 2. The topological polar surface area (TPSA) is 96.6 Å². The quantitative estimate of drug-likeness (QED) is 0.704. The summed E-state index contributed by atoms with van der Waals surface area (Å²) in [6, 6.07) is 3.48. The maximum absolute atomic E-state index is 13.7. The van der Waals surface area contributed by atoms with E-state index in [9.17, 15) is 17.6 Å². The molecular formula is C19H25FN4O4S. The summed E-state index contributed by atoms with van der Waals surface area (Å²) in [6.07, 6.45) is 1.73. The Hall–Kier alpha value is -2.33. The standard InChI is InChI=1S/C19H25FN4O4S/c1-13-6-7-16(20)11-18(13)29(26,27)23-9-4-5-17(12-23)24(15(3)25)10-8-19-21-14(2)28-22-19/h6-7,11,17H,4-5,8-10,12H2,1-3H3. The number of amides is 1. The van der Waals surface area contributed by atoms with Gasteiger partial charge < -0.3 is 9.42 Å². The van der Waals surface area contributed by atoms with Gasteiger partial charge >= 0.3 is 0 Å². The third-order valence-corrected chi connectivity index (χ3v) is 7.13. The van der Waals surface area contributed by atoms with Crippen LogP contribution in [0.5, 0.6) is 0 Å². The molecule has 3 rings (SSSR count). The van der Waals surface area contributed by atoms with Gasteiger partial charge in [0.2, 0.25) is 21.8 Å². The molecule has 1 fully saturated rings. The highest BCUT2D eigenvalue weighted by Crippen LogP contribution is 2.26. The van der Waals surface area contributed by atoms with E-state index in [1.54, 1.807) is 18.7 Å². The maximum Gasteiger partial charge on any atom is 0.243 e. The van der Waals surface area contributed by atoms with Crippen molar-refractivity contribution in [3.8, 4) is 0 Å². The molecule has 1 aliphatic heterocycles. The summed E-state index contributed by atoms with van der Waals surface area (Å²) in [5.74, 6) is 0.221. The first-order valence-corrected chi connectivity index (χ1v) is 10.9. The van der Waals surface area contributed by atoms with E-state index in [2.05, 4.69) is 10.1 Å². The predicted octanol–water partition coefficient (Wildman–Crippen LogP) is 2.07. The lowest BCUT2D eigenvalue weighted by Crippen LogP contribution is -2.51. The van der Waals surface area contributed by atoms with Crippen molar-refractivity contribution >= 4 is 15.9 Å². The Morgan fingerprint density at radius 1 is 1.38 bits per heavy atom. The van der Waals surface area contributed by atoms with E-state index in [-0.39, 0.29) is 23.4 Å². The SMILES string of the molecule is CC(=O)N(CCc1noc(C)n1)C1CCCN(S(=O)(=O)c2cc(F)ccc2C)C1. The van der Waals surface area contributed by atoms with Crippen molar-refractivity contribution in [1.29, 1.82) is 0 Å². The second-order valence-electron chi connectivity index (χ2n) is 7.26. The van der Waals surface area contributed by atoms with Crippen LogP contribution in [0.2, 0.25) is 0 Å². The molecule has 1 amide bonds. The van der Waals surface area contributed by atoms with Gasteiger partial charge in [0.25, 0.3) is 0 Å². The lowest BCUT2D eigenvalue weighted by Gasteiger charge is -2.38. The lowest BCUT2D eigenvalue weighted by molar-refractivity contribution is -0.131. The molecule has 8 nitrogen and oxygen atoms in total. The van der Waals surface area contributed by atoms with E-state index in [1.165, 1.54) is 23.4 Å². The van der Waals surface area contributed by atoms with E-state index >= 15 is 0 Å². The fourth-order valence-electron chi connectivity index (χ4n) is 3.64. The number of hydrogen-bond donors (Lipinski definition) is 0. The summed E-state index contributed by atoms with van der Waals surface area (Å²) in [5.41, 5.74) is 0.490. The molecule has 10 heteroatoms. The number of hydrogen-bond acceptors (Lipinski definition) is 6. The summed E-state index contributed by atoms with van der Waals surface area (Å²) in [4.78, 5) is 18.0. The average molecular weight is 424 g/mol. The van der Waals surface area contributed by atoms with Gasteiger partial charge in [-0.1, -0.05) is 11.2 Å². The molecule has 0 radical (unpaired) electrons. The summed E-state index contributed by atoms with van der Waals surface area (Å²) in [7, 11) is -3.86. The van der Waals surface area contributed by atoms with Crippen molar-refractivity contribution in [3.05, 3.63) is 41.3 Å². The van der Waals surface area contributed by atoms with Crippen LogP contribution >= 0.6 is 0 Å². The highest BCUT2D eigenvalue weighted by molar-refractivity contribution is 7.89. The predicted molar refractivity (Wildman–Crippen MR) is 103 cm³/mol. The van der Waals surface area contributed by atoms with Gasteiger partial charge in [-0.2, -0.15) is 9.29 Å². The van der Waals surface area contributed by atoms with E-state index < -0.39 is 15.8 Å². The number of aryl methyl sites for hydroxylation is 2. The summed E-state index contributed by atoms with van der Waals surface area (Å²) >= 11 is 0. The van der Waals surface area contributed by atoms with Gasteiger partial charge in [0, 0.05) is 45.9 Å². The van der Waals surface area contributed by atoms with Gasteiger partial charge in [-0.15, -0.1) is 0 Å². The fourth-order valence-corrected chi connectivity index (χ4v) is 5.40. The second kappa shape index (κ2) is 8.58. The van der Waals surface area contributed by atoms with Gasteiger partial charge in [-0.3, -0.25) is 4.79 Å². The maximum atomic E-state index is 13.7. The number of piperidine rings is 1. The lowest BCUT2D eigenvalue weighted by atomic mass is 10.1. The van der Waals surface area contributed by atoms with E-state index in [0.717, 1.165) is 6.07 Å². The highest BCUT2D eigenvalue weighted by atomic mass is 32.2. The molecule has 1 aromatic heterocycles. The number of carbonyl (C=O) groups excluding carboxylic acids is 1. The van der Waals surface area contributed by atoms with Gasteiger partial charge in [0.05, 0.1) is 4.90 Å². The Labute approximate surface area is 169 Å². The first-order chi connectivity index (χ1) is 13.7. The minimum absolute atomic E-state index is 0.0326. The van der Waals surface area contributed by atoms with Crippen molar-refractivity contribution in [3.63, 3.8) is 0 Å². The van der Waals surface area contributed by atoms with Crippen molar-refractivity contribution in [2.45, 2.75) is 51.0 Å². The number of halogens is 1. The monoisotopic (exact) mass is 424 g/mol. The molecule has 0 bridgehead atoms. The second-order valence-corrected chi connectivity index (χ2v) is 9.17. The fraction of sp³-hybridized carbons (Fsp3) is 0.526. The molecular weight excluding hydrogens is 399 g/mol. The Kier molecular flexibility index (Phi) is 6.33. The van der Waals surface area contributed by atoms with E-state index in [0.29, 0.717) is 49.6 Å². The van der Waals surface area contributed by atoms with E-state index in [1.807, 2.05) is 0 Å². The number of sulfonamides is 1. The van der Waals surface area contributed by atoms with Gasteiger partial charge in [-0.05, 0) is 37.5 Å². The van der Waals surface area contributed by atoms with Crippen LogP contribution in [-0.4, -0.2) is 59.3 Å². The molecule has 1 aliphatic rings. The Bertz CT molecular complexity index is 992. The van der Waals surface area contributed by atoms with Gasteiger partial charge in [0.15, 0.2) is 5.82 Å². The first kappa shape index (κ1) is 21.4. The molecule has 2 aromatic rings. The van der Waals surface area contributed by atoms with Crippen LogP contribution in [0.25, 0.3) is 0 Å². The third-order valence-electron chi connectivity index (χ3n) is 5.12. The zero-order valence-electron chi connectivity index (χ0n) is 16.8. The number of carbonyl (C=O) groups is 1. The summed E-state index contributed by atoms with van der Waals surface area (Å²) < 4.78 is 46.2. The van der Waals surface area contributed by atoms with Crippen LogP contribution in [-0.2, 0) is 21.2 Å². The van der Waals surface area contributed by atoms with E-state index in [4.69, 9.17) is 4.52 Å². The molecule has 1 unspecified atom stereocenters. The zero-order chi connectivity index (χ0) is 21.2. The zero-order valence-corrected chi connectivity index (χ0v) is 17.6. The van der Waals surface area contributed by atoms with Gasteiger partial charge in [0.1, 0.15) is 5.82 Å². The molecule has 0 N–H and O–H groups in total. The molecule has 2 heterocycles. The van der Waals surface area contributed by atoms with Crippen LogP contribution < -0.4 is 0 Å². The summed E-state index contributed by atoms with van der Waals surface area (Å²) in [5, 5.41) is 3.84. The first-order valence-electron chi connectivity index (χ1n) is 9.51. The summed E-state index contributed by atoms with van der Waals surface area (Å²) in [6.45, 7) is 5.67. The van der Waals surface area contributed by atoms with Crippen LogP contribution in [0, 0.1) is 19.7 Å². The molecule has 0 spiro atoms. The minimum Gasteiger partial charge on any atom is -0.340 e. The molecule has 29 heavy (non-hydrogen) atoms. The normalized spacial score (nSPS) is 18.0. The molecule has 0 saturated carbocycles. The number of nitrogens with zero attached hydrogens (tertiary/aromatic N) is 4. The minimum atomic E-state index is -3.86. The van der Waals surface area contributed by atoms with Crippen molar-refractivity contribution < 1.29 is 22.1 Å². The smallest absolute Gasteiger partial charge is 0.243 e. The van der Waals surface area contributed by atoms with Crippen molar-refractivity contribution in [2.75, 3.05) is 19.6 Å². The Morgan fingerprint density at radius 3 is 2.79 bits per heavy atom. The molecule has 1 atom stereocenters. The Balaban J connectivity index is 1.77. The molecule has 1 saturated heterocycles. The number of rotatable bonds is 6. The van der Waals surface area contributed by atoms with Crippen LogP contribution in [0.1, 0.15) is 37.0 Å². The van der Waals surface area contributed by atoms with Crippen LogP contribution in [0.4, 0.5) is 4.39 Å². The highest BCUT2D eigenvalue weighted by Gasteiger charge is 2.34. The molecule has 1 aromatic carbocycles. The van der Waals surface area contributed by atoms with Crippen LogP contribution in [0.15, 0.2) is 27.6 Å². The third kappa shape index (κ3) is 4.81. The van der Waals surface area contributed by atoms with Gasteiger partial charge in [-0.25, -0.2) is 12.8 Å². The Morgan fingerprint density at radius 2 is 2.14 bits per heavy atom. The molecule has 158 valence electrons. The average Bonchev–Trinajstić information content (AvgIpc) is 3.09. The molecule has 0 aliphatic carbocycles. The van der Waals surface area contributed by atoms with Crippen molar-refractivity contribution in [1.82, 2.24) is 19.3 Å². The van der Waals surface area contributed by atoms with Crippen molar-refractivity contribution in [2.24, 2.45) is 0 Å².